The van der Waals surface area contributed by atoms with Crippen LogP contribution in [-0.4, -0.2) is 30.7 Å². The summed E-state index contributed by atoms with van der Waals surface area (Å²) in [5.74, 6) is -0.959. The fourth-order valence-electron chi connectivity index (χ4n) is 2.32. The minimum absolute atomic E-state index is 0.0881. The molecule has 1 amide bonds. The van der Waals surface area contributed by atoms with E-state index in [0.29, 0.717) is 29.4 Å². The minimum atomic E-state index is -1.07. The molecular weight excluding hydrogens is 384 g/mol. The Kier molecular flexibility index (Phi) is 7.02. The summed E-state index contributed by atoms with van der Waals surface area (Å²) in [4.78, 5) is 23.2. The second-order valence-electron chi connectivity index (χ2n) is 5.47. The highest BCUT2D eigenvalue weighted by molar-refractivity contribution is 6.32. The summed E-state index contributed by atoms with van der Waals surface area (Å²) in [5.41, 5.74) is 0.770. The smallest absolute Gasteiger partial charge is 0.335 e. The van der Waals surface area contributed by atoms with Gasteiger partial charge in [0.15, 0.2) is 11.5 Å². The maximum absolute atomic E-state index is 12.4. The Labute approximate surface area is 166 Å². The summed E-state index contributed by atoms with van der Waals surface area (Å²) in [6.07, 6.45) is 1.37. The van der Waals surface area contributed by atoms with Crippen LogP contribution in [0.15, 0.2) is 42.0 Å². The number of carbonyl (C=O) groups is 2. The van der Waals surface area contributed by atoms with Crippen molar-refractivity contribution in [2.24, 2.45) is 0 Å². The average molecular weight is 401 g/mol. The number of nitrogens with zero attached hydrogens (tertiary/aromatic N) is 1. The predicted molar refractivity (Wildman–Crippen MR) is 105 cm³/mol. The van der Waals surface area contributed by atoms with Gasteiger partial charge in [-0.15, -0.1) is 0 Å². The Bertz CT molecular complexity index is 962. The van der Waals surface area contributed by atoms with Crippen molar-refractivity contribution in [2.45, 2.75) is 6.92 Å². The zero-order valence-corrected chi connectivity index (χ0v) is 15.9. The molecule has 28 heavy (non-hydrogen) atoms. The summed E-state index contributed by atoms with van der Waals surface area (Å²) in [7, 11) is 1.46. The molecule has 0 saturated carbocycles. The van der Waals surface area contributed by atoms with Crippen molar-refractivity contribution < 1.29 is 24.2 Å². The van der Waals surface area contributed by atoms with Gasteiger partial charge in [0.25, 0.3) is 5.91 Å². The number of rotatable bonds is 7. The highest BCUT2D eigenvalue weighted by Gasteiger charge is 2.14. The summed E-state index contributed by atoms with van der Waals surface area (Å²) in [5, 5.41) is 21.1. The van der Waals surface area contributed by atoms with Crippen molar-refractivity contribution in [3.63, 3.8) is 0 Å². The highest BCUT2D eigenvalue weighted by Crippen LogP contribution is 2.37. The molecule has 0 aliphatic rings. The quantitative estimate of drug-likeness (QED) is 0.537. The number of anilines is 1. The van der Waals surface area contributed by atoms with Crippen molar-refractivity contribution in [3.8, 4) is 17.6 Å². The number of ether oxygens (including phenoxy) is 2. The second kappa shape index (κ2) is 9.44. The fraction of sp³-hybridized carbons (Fsp3) is 0.150. The maximum atomic E-state index is 12.4. The SMILES string of the molecule is CCOc1c(Cl)cc(/C=C(\C#N)C(=O)Nc2ccc(C(=O)O)cc2)cc1OC. The average Bonchev–Trinajstić information content (AvgIpc) is 2.68. The number of aromatic carboxylic acids is 1. The zero-order chi connectivity index (χ0) is 20.7. The van der Waals surface area contributed by atoms with Crippen LogP contribution in [0.1, 0.15) is 22.8 Å². The standard InChI is InChI=1S/C20H17ClN2O5/c1-3-28-18-16(21)9-12(10-17(18)27-2)8-14(11-22)19(24)23-15-6-4-13(5-7-15)20(25)26/h4-10H,3H2,1-2H3,(H,23,24)(H,25,26)/b14-8+. The van der Waals surface area contributed by atoms with Crippen molar-refractivity contribution in [2.75, 3.05) is 19.0 Å². The Morgan fingerprint density at radius 1 is 1.29 bits per heavy atom. The number of hydrogen-bond acceptors (Lipinski definition) is 5. The van der Waals surface area contributed by atoms with Crippen molar-refractivity contribution in [3.05, 3.63) is 58.1 Å². The molecule has 2 aromatic carbocycles. The van der Waals surface area contributed by atoms with Crippen LogP contribution < -0.4 is 14.8 Å². The molecule has 144 valence electrons. The molecule has 0 heterocycles. The first-order valence-corrected chi connectivity index (χ1v) is 8.54. The molecule has 0 unspecified atom stereocenters. The third-order valence-corrected chi connectivity index (χ3v) is 3.89. The number of nitriles is 1. The Hall–Kier alpha value is -3.50. The molecular formula is C20H17ClN2O5. The second-order valence-corrected chi connectivity index (χ2v) is 5.88. The van der Waals surface area contributed by atoms with Crippen molar-refractivity contribution in [1.82, 2.24) is 0 Å². The van der Waals surface area contributed by atoms with E-state index in [0.717, 1.165) is 0 Å². The predicted octanol–water partition coefficient (Wildman–Crippen LogP) is 3.99. The number of carboxylic acids is 1. The lowest BCUT2D eigenvalue weighted by molar-refractivity contribution is -0.112. The lowest BCUT2D eigenvalue weighted by Gasteiger charge is -2.12. The van der Waals surface area contributed by atoms with Crippen LogP contribution in [0, 0.1) is 11.3 Å². The Balaban J connectivity index is 2.27. The minimum Gasteiger partial charge on any atom is -0.493 e. The largest absolute Gasteiger partial charge is 0.493 e. The Morgan fingerprint density at radius 2 is 1.96 bits per heavy atom. The topological polar surface area (TPSA) is 109 Å². The molecule has 2 N–H and O–H groups in total. The number of halogens is 1. The summed E-state index contributed by atoms with van der Waals surface area (Å²) >= 11 is 6.20. The first-order chi connectivity index (χ1) is 13.4. The van der Waals surface area contributed by atoms with Gasteiger partial charge in [0, 0.05) is 5.69 Å². The third-order valence-electron chi connectivity index (χ3n) is 3.61. The maximum Gasteiger partial charge on any atom is 0.335 e. The van der Waals surface area contributed by atoms with Crippen LogP contribution in [0.5, 0.6) is 11.5 Å². The lowest BCUT2D eigenvalue weighted by Crippen LogP contribution is -2.13. The van der Waals surface area contributed by atoms with Gasteiger partial charge in [-0.3, -0.25) is 4.79 Å². The molecule has 0 aliphatic carbocycles. The van der Waals surface area contributed by atoms with Crippen LogP contribution in [-0.2, 0) is 4.79 Å². The first-order valence-electron chi connectivity index (χ1n) is 8.16. The van der Waals surface area contributed by atoms with Gasteiger partial charge in [-0.2, -0.15) is 5.26 Å². The van der Waals surface area contributed by atoms with E-state index in [1.54, 1.807) is 12.1 Å². The van der Waals surface area contributed by atoms with Gasteiger partial charge < -0.3 is 19.9 Å². The van der Waals surface area contributed by atoms with E-state index in [2.05, 4.69) is 5.32 Å². The number of carbonyl (C=O) groups excluding carboxylic acids is 1. The van der Waals surface area contributed by atoms with Crippen LogP contribution in [0.4, 0.5) is 5.69 Å². The third kappa shape index (κ3) is 5.02. The van der Waals surface area contributed by atoms with E-state index < -0.39 is 11.9 Å². The molecule has 0 bridgehead atoms. The van der Waals surface area contributed by atoms with Gasteiger partial charge in [0.05, 0.1) is 24.3 Å². The van der Waals surface area contributed by atoms with E-state index in [-0.39, 0.29) is 16.2 Å². The number of amides is 1. The van der Waals surface area contributed by atoms with E-state index in [4.69, 9.17) is 26.2 Å². The lowest BCUT2D eigenvalue weighted by atomic mass is 10.1. The van der Waals surface area contributed by atoms with Crippen LogP contribution in [0.2, 0.25) is 5.02 Å². The monoisotopic (exact) mass is 400 g/mol. The van der Waals surface area contributed by atoms with Crippen LogP contribution >= 0.6 is 11.6 Å². The molecule has 0 aromatic heterocycles. The van der Waals surface area contributed by atoms with Gasteiger partial charge in [0.1, 0.15) is 11.6 Å². The van der Waals surface area contributed by atoms with E-state index in [1.807, 2.05) is 13.0 Å². The van der Waals surface area contributed by atoms with E-state index in [1.165, 1.54) is 37.5 Å². The molecule has 0 radical (unpaired) electrons. The first kappa shape index (κ1) is 20.8. The molecule has 0 spiro atoms. The molecule has 2 rings (SSSR count). The summed E-state index contributed by atoms with van der Waals surface area (Å²) in [6, 6.07) is 10.6. The number of nitrogens with one attached hydrogen (secondary N) is 1. The number of hydrogen-bond donors (Lipinski definition) is 2. The molecule has 0 aliphatic heterocycles. The van der Waals surface area contributed by atoms with Gasteiger partial charge in [-0.25, -0.2) is 4.79 Å². The van der Waals surface area contributed by atoms with Crippen molar-refractivity contribution >= 4 is 35.2 Å². The molecule has 0 atom stereocenters. The zero-order valence-electron chi connectivity index (χ0n) is 15.2. The number of benzene rings is 2. The number of carboxylic acid groups (broad SMARTS) is 1. The van der Waals surface area contributed by atoms with Gasteiger partial charge >= 0.3 is 5.97 Å². The molecule has 8 heteroatoms. The molecule has 7 nitrogen and oxygen atoms in total. The van der Waals surface area contributed by atoms with E-state index in [9.17, 15) is 14.9 Å². The highest BCUT2D eigenvalue weighted by atomic mass is 35.5. The Morgan fingerprint density at radius 3 is 2.50 bits per heavy atom. The van der Waals surface area contributed by atoms with Gasteiger partial charge in [-0.1, -0.05) is 11.6 Å². The number of methoxy groups -OCH3 is 1. The molecule has 0 fully saturated rings. The summed E-state index contributed by atoms with van der Waals surface area (Å²) < 4.78 is 10.7. The molecule has 0 saturated heterocycles. The normalized spacial score (nSPS) is 10.7. The van der Waals surface area contributed by atoms with Crippen LogP contribution in [0.25, 0.3) is 6.08 Å². The summed E-state index contributed by atoms with van der Waals surface area (Å²) in [6.45, 7) is 2.21. The van der Waals surface area contributed by atoms with Gasteiger partial charge in [0.2, 0.25) is 0 Å². The van der Waals surface area contributed by atoms with Gasteiger partial charge in [-0.05, 0) is 55.0 Å². The van der Waals surface area contributed by atoms with Crippen LogP contribution in [0.3, 0.4) is 0 Å². The fourth-order valence-corrected chi connectivity index (χ4v) is 2.59. The molecule has 2 aromatic rings. The van der Waals surface area contributed by atoms with E-state index >= 15 is 0 Å². The van der Waals surface area contributed by atoms with Crippen molar-refractivity contribution in [1.29, 1.82) is 5.26 Å².